The normalized spacial score (nSPS) is 14.8. The van der Waals surface area contributed by atoms with Gasteiger partial charge in [-0.05, 0) is 67.3 Å². The summed E-state index contributed by atoms with van der Waals surface area (Å²) in [6.07, 6.45) is 10.4. The summed E-state index contributed by atoms with van der Waals surface area (Å²) < 4.78 is 2.06. The van der Waals surface area contributed by atoms with Crippen LogP contribution >= 0.6 is 0 Å². The Bertz CT molecular complexity index is 1120. The van der Waals surface area contributed by atoms with Gasteiger partial charge in [0.15, 0.2) is 11.5 Å². The van der Waals surface area contributed by atoms with E-state index in [1.165, 1.54) is 32.1 Å². The van der Waals surface area contributed by atoms with Crippen LogP contribution < -0.4 is 11.1 Å². The Hall–Kier alpha value is -3.41. The molecular formula is C24H26N6. The SMILES string of the molecule is Nc1ccc(Nc2ccc(-c3ncc4cnn(CC5CCCCC5)c4n3)cc2)cc1. The molecule has 2 aromatic carbocycles. The van der Waals surface area contributed by atoms with Crippen LogP contribution in [-0.4, -0.2) is 19.7 Å². The zero-order valence-corrected chi connectivity index (χ0v) is 17.0. The average Bonchev–Trinajstić information content (AvgIpc) is 3.18. The number of hydrogen-bond acceptors (Lipinski definition) is 5. The van der Waals surface area contributed by atoms with Gasteiger partial charge in [0.25, 0.3) is 0 Å². The molecule has 0 bridgehead atoms. The second-order valence-electron chi connectivity index (χ2n) is 8.13. The predicted octanol–water partition coefficient (Wildman–Crippen LogP) is 5.40. The molecule has 4 aromatic rings. The van der Waals surface area contributed by atoms with Crippen LogP contribution in [0.4, 0.5) is 17.1 Å². The molecule has 0 saturated heterocycles. The molecule has 3 N–H and O–H groups in total. The minimum Gasteiger partial charge on any atom is -0.399 e. The van der Waals surface area contributed by atoms with Gasteiger partial charge in [0.1, 0.15) is 0 Å². The lowest BCUT2D eigenvalue weighted by atomic mass is 9.89. The Balaban J connectivity index is 1.36. The summed E-state index contributed by atoms with van der Waals surface area (Å²) in [5.41, 5.74) is 10.4. The van der Waals surface area contributed by atoms with E-state index in [0.29, 0.717) is 5.92 Å². The zero-order chi connectivity index (χ0) is 20.3. The molecule has 30 heavy (non-hydrogen) atoms. The maximum Gasteiger partial charge on any atom is 0.161 e. The van der Waals surface area contributed by atoms with Crippen molar-refractivity contribution in [3.05, 3.63) is 60.9 Å². The quantitative estimate of drug-likeness (QED) is 0.440. The van der Waals surface area contributed by atoms with E-state index in [9.17, 15) is 0 Å². The largest absolute Gasteiger partial charge is 0.399 e. The first-order valence-electron chi connectivity index (χ1n) is 10.7. The fourth-order valence-corrected chi connectivity index (χ4v) is 4.19. The van der Waals surface area contributed by atoms with Gasteiger partial charge in [-0.1, -0.05) is 19.3 Å². The van der Waals surface area contributed by atoms with E-state index < -0.39 is 0 Å². The lowest BCUT2D eigenvalue weighted by Gasteiger charge is -2.21. The van der Waals surface area contributed by atoms with Gasteiger partial charge in [-0.3, -0.25) is 0 Å². The Morgan fingerprint density at radius 2 is 1.60 bits per heavy atom. The van der Waals surface area contributed by atoms with Crippen molar-refractivity contribution < 1.29 is 0 Å². The summed E-state index contributed by atoms with van der Waals surface area (Å²) in [6.45, 7) is 0.949. The highest BCUT2D eigenvalue weighted by atomic mass is 15.3. The highest BCUT2D eigenvalue weighted by molar-refractivity contribution is 5.76. The summed E-state index contributed by atoms with van der Waals surface area (Å²) in [6, 6.07) is 15.9. The summed E-state index contributed by atoms with van der Waals surface area (Å²) in [7, 11) is 0. The second-order valence-corrected chi connectivity index (χ2v) is 8.13. The Morgan fingerprint density at radius 3 is 2.33 bits per heavy atom. The number of fused-ring (bicyclic) bond motifs is 1. The minimum atomic E-state index is 0.707. The van der Waals surface area contributed by atoms with Crippen molar-refractivity contribution in [3.63, 3.8) is 0 Å². The highest BCUT2D eigenvalue weighted by Crippen LogP contribution is 2.27. The third-order valence-electron chi connectivity index (χ3n) is 5.87. The number of nitrogens with zero attached hydrogens (tertiary/aromatic N) is 4. The second kappa shape index (κ2) is 8.14. The van der Waals surface area contributed by atoms with Gasteiger partial charge in [0.05, 0.1) is 11.6 Å². The monoisotopic (exact) mass is 398 g/mol. The lowest BCUT2D eigenvalue weighted by Crippen LogP contribution is -2.15. The van der Waals surface area contributed by atoms with Crippen molar-refractivity contribution in [1.29, 1.82) is 0 Å². The molecule has 6 heteroatoms. The van der Waals surface area contributed by atoms with Crippen LogP contribution in [-0.2, 0) is 6.54 Å². The van der Waals surface area contributed by atoms with Gasteiger partial charge in [0.2, 0.25) is 0 Å². The highest BCUT2D eigenvalue weighted by Gasteiger charge is 2.16. The van der Waals surface area contributed by atoms with Gasteiger partial charge in [-0.15, -0.1) is 0 Å². The van der Waals surface area contributed by atoms with E-state index in [1.54, 1.807) is 0 Å². The Morgan fingerprint density at radius 1 is 0.900 bits per heavy atom. The zero-order valence-electron chi connectivity index (χ0n) is 17.0. The molecule has 2 aromatic heterocycles. The molecule has 1 fully saturated rings. The molecule has 1 aliphatic rings. The fourth-order valence-electron chi connectivity index (χ4n) is 4.19. The molecular weight excluding hydrogens is 372 g/mol. The van der Waals surface area contributed by atoms with Gasteiger partial charge >= 0.3 is 0 Å². The van der Waals surface area contributed by atoms with Crippen LogP contribution in [0.15, 0.2) is 60.9 Å². The van der Waals surface area contributed by atoms with Crippen molar-refractivity contribution >= 4 is 28.1 Å². The van der Waals surface area contributed by atoms with Crippen LogP contribution in [0.2, 0.25) is 0 Å². The van der Waals surface area contributed by atoms with Gasteiger partial charge in [0, 0.05) is 35.4 Å². The molecule has 0 spiro atoms. The first kappa shape index (κ1) is 18.6. The van der Waals surface area contributed by atoms with E-state index in [0.717, 1.165) is 46.0 Å². The molecule has 5 rings (SSSR count). The molecule has 0 radical (unpaired) electrons. The van der Waals surface area contributed by atoms with Crippen molar-refractivity contribution in [2.24, 2.45) is 5.92 Å². The number of anilines is 3. The maximum absolute atomic E-state index is 5.75. The standard InChI is InChI=1S/C24H26N6/c25-20-8-12-22(13-9-20)28-21-10-6-18(7-11-21)23-26-14-19-15-27-30(24(19)29-23)16-17-4-2-1-3-5-17/h6-15,17,28H,1-5,16,25H2. The number of nitrogen functional groups attached to an aromatic ring is 1. The first-order chi connectivity index (χ1) is 14.7. The molecule has 0 unspecified atom stereocenters. The van der Waals surface area contributed by atoms with E-state index >= 15 is 0 Å². The molecule has 152 valence electrons. The van der Waals surface area contributed by atoms with Crippen molar-refractivity contribution in [1.82, 2.24) is 19.7 Å². The van der Waals surface area contributed by atoms with Gasteiger partial charge in [-0.2, -0.15) is 5.10 Å². The Labute approximate surface area is 176 Å². The molecule has 6 nitrogen and oxygen atoms in total. The van der Waals surface area contributed by atoms with Gasteiger partial charge < -0.3 is 11.1 Å². The summed E-state index contributed by atoms with van der Waals surface area (Å²) in [5, 5.41) is 8.96. The summed E-state index contributed by atoms with van der Waals surface area (Å²) in [5.74, 6) is 1.44. The van der Waals surface area contributed by atoms with E-state index in [2.05, 4.69) is 20.1 Å². The molecule has 0 aliphatic heterocycles. The van der Waals surface area contributed by atoms with Crippen LogP contribution in [0.3, 0.4) is 0 Å². The minimum absolute atomic E-state index is 0.707. The predicted molar refractivity (Wildman–Crippen MR) is 121 cm³/mol. The van der Waals surface area contributed by atoms with Crippen molar-refractivity contribution in [3.8, 4) is 11.4 Å². The number of hydrogen-bond donors (Lipinski definition) is 2. The third kappa shape index (κ3) is 3.99. The molecule has 1 aliphatic carbocycles. The first-order valence-corrected chi connectivity index (χ1v) is 10.7. The molecule has 2 heterocycles. The van der Waals surface area contributed by atoms with Crippen molar-refractivity contribution in [2.75, 3.05) is 11.1 Å². The smallest absolute Gasteiger partial charge is 0.161 e. The van der Waals surface area contributed by atoms with Crippen LogP contribution in [0.1, 0.15) is 32.1 Å². The van der Waals surface area contributed by atoms with Crippen molar-refractivity contribution in [2.45, 2.75) is 38.6 Å². The van der Waals surface area contributed by atoms with Crippen LogP contribution in [0.5, 0.6) is 0 Å². The summed E-state index contributed by atoms with van der Waals surface area (Å²) >= 11 is 0. The number of rotatable bonds is 5. The number of aromatic nitrogens is 4. The lowest BCUT2D eigenvalue weighted by molar-refractivity contribution is 0.311. The number of nitrogens with one attached hydrogen (secondary N) is 1. The van der Waals surface area contributed by atoms with E-state index in [-0.39, 0.29) is 0 Å². The topological polar surface area (TPSA) is 81.6 Å². The number of nitrogens with two attached hydrogens (primary N) is 1. The Kier molecular flexibility index (Phi) is 5.05. The average molecular weight is 399 g/mol. The van der Waals surface area contributed by atoms with E-state index in [4.69, 9.17) is 10.7 Å². The summed E-state index contributed by atoms with van der Waals surface area (Å²) in [4.78, 5) is 9.41. The molecule has 0 atom stereocenters. The number of benzene rings is 2. The molecule has 1 saturated carbocycles. The van der Waals surface area contributed by atoms with E-state index in [1.807, 2.05) is 60.9 Å². The van der Waals surface area contributed by atoms with Gasteiger partial charge in [-0.25, -0.2) is 14.6 Å². The van der Waals surface area contributed by atoms with Crippen LogP contribution in [0.25, 0.3) is 22.4 Å². The molecule has 0 amide bonds. The third-order valence-corrected chi connectivity index (χ3v) is 5.87. The van der Waals surface area contributed by atoms with Crippen LogP contribution in [0, 0.1) is 5.92 Å². The fraction of sp³-hybridized carbons (Fsp3) is 0.292. The maximum atomic E-state index is 5.75.